The molecular weight excluding hydrogens is 494 g/mol. The van der Waals surface area contributed by atoms with Gasteiger partial charge in [-0.25, -0.2) is 8.78 Å². The second kappa shape index (κ2) is 10.8. The van der Waals surface area contributed by atoms with Crippen LogP contribution in [0.1, 0.15) is 32.4 Å². The van der Waals surface area contributed by atoms with E-state index in [-0.39, 0.29) is 17.3 Å². The highest BCUT2D eigenvalue weighted by atomic mass is 19.1. The second-order valence-corrected chi connectivity index (χ2v) is 9.62. The van der Waals surface area contributed by atoms with Gasteiger partial charge in [-0.05, 0) is 92.2 Å². The number of carbonyl (C=O) groups excluding carboxylic acids is 2. The van der Waals surface area contributed by atoms with E-state index in [0.717, 1.165) is 4.80 Å². The molecule has 4 rings (SSSR count). The molecule has 1 unspecified atom stereocenters. The van der Waals surface area contributed by atoms with Crippen LogP contribution in [0.4, 0.5) is 14.5 Å². The zero-order valence-corrected chi connectivity index (χ0v) is 21.0. The fraction of sp³-hybridized carbons (Fsp3) is 0.222. The van der Waals surface area contributed by atoms with Crippen molar-refractivity contribution in [3.63, 3.8) is 0 Å². The first-order valence-corrected chi connectivity index (χ1v) is 11.7. The number of carbonyl (C=O) groups is 2. The molecule has 4 aromatic rings. The standard InChI is InChI=1S/C27H26F2N6O3/c1-27(2,3)30-26(38)24(17-6-14-22(36)15-7-17)35(21-12-10-20(29)11-13-21)23(37)16-34-32-25(31-33-34)18-4-8-19(28)9-5-18/h4-15,24,36H,16H2,1-3H3,(H,30,38). The van der Waals surface area contributed by atoms with E-state index < -0.39 is 41.6 Å². The molecule has 2 N–H and O–H groups in total. The third kappa shape index (κ3) is 6.36. The number of hydrogen-bond acceptors (Lipinski definition) is 6. The van der Waals surface area contributed by atoms with Crippen LogP contribution in [0.25, 0.3) is 11.4 Å². The number of aromatic hydroxyl groups is 1. The highest BCUT2D eigenvalue weighted by Gasteiger charge is 2.35. The van der Waals surface area contributed by atoms with Crippen molar-refractivity contribution in [1.82, 2.24) is 25.5 Å². The molecule has 0 aliphatic rings. The summed E-state index contributed by atoms with van der Waals surface area (Å²) >= 11 is 0. The van der Waals surface area contributed by atoms with Crippen molar-refractivity contribution in [3.05, 3.63) is 90.0 Å². The number of halogens is 2. The van der Waals surface area contributed by atoms with Crippen LogP contribution < -0.4 is 10.2 Å². The van der Waals surface area contributed by atoms with E-state index in [1.54, 1.807) is 20.8 Å². The van der Waals surface area contributed by atoms with E-state index >= 15 is 0 Å². The Hall–Kier alpha value is -4.67. The third-order valence-electron chi connectivity index (χ3n) is 5.42. The predicted octanol–water partition coefficient (Wildman–Crippen LogP) is 4.01. The molecule has 9 nitrogen and oxygen atoms in total. The van der Waals surface area contributed by atoms with Crippen LogP contribution in [0.5, 0.6) is 5.75 Å². The Morgan fingerprint density at radius 1 is 0.947 bits per heavy atom. The average Bonchev–Trinajstić information content (AvgIpc) is 3.31. The number of anilines is 1. The zero-order chi connectivity index (χ0) is 27.4. The molecule has 0 bridgehead atoms. The zero-order valence-electron chi connectivity index (χ0n) is 21.0. The normalized spacial score (nSPS) is 12.1. The number of aromatic nitrogens is 4. The first kappa shape index (κ1) is 26.4. The van der Waals surface area contributed by atoms with Crippen molar-refractivity contribution < 1.29 is 23.5 Å². The second-order valence-electron chi connectivity index (χ2n) is 9.62. The topological polar surface area (TPSA) is 113 Å². The number of nitrogens with one attached hydrogen (secondary N) is 1. The van der Waals surface area contributed by atoms with Gasteiger partial charge in [0.1, 0.15) is 30.0 Å². The minimum absolute atomic E-state index is 0.0106. The summed E-state index contributed by atoms with van der Waals surface area (Å²) in [7, 11) is 0. The van der Waals surface area contributed by atoms with Crippen LogP contribution in [0.3, 0.4) is 0 Å². The Bertz CT molecular complexity index is 1420. The van der Waals surface area contributed by atoms with E-state index in [9.17, 15) is 23.5 Å². The minimum atomic E-state index is -1.17. The number of tetrazole rings is 1. The number of rotatable bonds is 7. The Kier molecular flexibility index (Phi) is 7.47. The van der Waals surface area contributed by atoms with Crippen LogP contribution in [-0.4, -0.2) is 42.7 Å². The summed E-state index contributed by atoms with van der Waals surface area (Å²) in [6, 6.07) is 15.4. The third-order valence-corrected chi connectivity index (χ3v) is 5.42. The summed E-state index contributed by atoms with van der Waals surface area (Å²) < 4.78 is 27.0. The molecule has 11 heteroatoms. The summed E-state index contributed by atoms with van der Waals surface area (Å²) in [5, 5.41) is 24.8. The molecule has 0 spiro atoms. The molecule has 3 aromatic carbocycles. The van der Waals surface area contributed by atoms with Crippen molar-refractivity contribution in [2.45, 2.75) is 38.9 Å². The van der Waals surface area contributed by atoms with E-state index in [1.807, 2.05) is 0 Å². The van der Waals surface area contributed by atoms with Gasteiger partial charge < -0.3 is 10.4 Å². The van der Waals surface area contributed by atoms with E-state index in [1.165, 1.54) is 77.7 Å². The van der Waals surface area contributed by atoms with Crippen molar-refractivity contribution in [2.24, 2.45) is 0 Å². The molecule has 1 aromatic heterocycles. The van der Waals surface area contributed by atoms with Gasteiger partial charge in [0.15, 0.2) is 0 Å². The molecule has 2 amide bonds. The number of nitrogens with zero attached hydrogens (tertiary/aromatic N) is 5. The lowest BCUT2D eigenvalue weighted by molar-refractivity contribution is -0.128. The average molecular weight is 521 g/mol. The van der Waals surface area contributed by atoms with Gasteiger partial charge in [0.05, 0.1) is 0 Å². The minimum Gasteiger partial charge on any atom is -0.508 e. The summed E-state index contributed by atoms with van der Waals surface area (Å²) in [6.45, 7) is 5.01. The number of phenolic OH excluding ortho intramolecular Hbond substituents is 1. The van der Waals surface area contributed by atoms with Crippen LogP contribution >= 0.6 is 0 Å². The highest BCUT2D eigenvalue weighted by molar-refractivity contribution is 6.01. The van der Waals surface area contributed by atoms with E-state index in [2.05, 4.69) is 20.7 Å². The van der Waals surface area contributed by atoms with Gasteiger partial charge in [-0.1, -0.05) is 12.1 Å². The van der Waals surface area contributed by atoms with Crippen LogP contribution in [0, 0.1) is 11.6 Å². The highest BCUT2D eigenvalue weighted by Crippen LogP contribution is 2.30. The Balaban J connectivity index is 1.73. The SMILES string of the molecule is CC(C)(C)NC(=O)C(c1ccc(O)cc1)N(C(=O)Cn1nnc(-c2ccc(F)cc2)n1)c1ccc(F)cc1. The lowest BCUT2D eigenvalue weighted by atomic mass is 10.0. The molecule has 196 valence electrons. The molecule has 1 heterocycles. The number of benzene rings is 3. The maximum absolute atomic E-state index is 13.8. The monoisotopic (exact) mass is 520 g/mol. The predicted molar refractivity (Wildman–Crippen MR) is 136 cm³/mol. The molecule has 0 aliphatic heterocycles. The van der Waals surface area contributed by atoms with Crippen molar-refractivity contribution >= 4 is 17.5 Å². The molecule has 0 fully saturated rings. The molecular formula is C27H26F2N6O3. The molecule has 0 radical (unpaired) electrons. The van der Waals surface area contributed by atoms with Gasteiger partial charge >= 0.3 is 0 Å². The molecule has 38 heavy (non-hydrogen) atoms. The number of phenols is 1. The van der Waals surface area contributed by atoms with Gasteiger partial charge in [0, 0.05) is 16.8 Å². The van der Waals surface area contributed by atoms with E-state index in [0.29, 0.717) is 11.1 Å². The smallest absolute Gasteiger partial charge is 0.251 e. The lowest BCUT2D eigenvalue weighted by Crippen LogP contribution is -2.50. The van der Waals surface area contributed by atoms with Gasteiger partial charge in [-0.3, -0.25) is 14.5 Å². The van der Waals surface area contributed by atoms with Gasteiger partial charge in [-0.2, -0.15) is 4.80 Å². The van der Waals surface area contributed by atoms with Gasteiger partial charge in [-0.15, -0.1) is 10.2 Å². The Labute approximate surface area is 217 Å². The number of amides is 2. The summed E-state index contributed by atoms with van der Waals surface area (Å²) in [5.41, 5.74) is 0.562. The van der Waals surface area contributed by atoms with Gasteiger partial charge in [0.2, 0.25) is 11.7 Å². The fourth-order valence-corrected chi connectivity index (χ4v) is 3.77. The Morgan fingerprint density at radius 3 is 2.11 bits per heavy atom. The Morgan fingerprint density at radius 2 is 1.53 bits per heavy atom. The summed E-state index contributed by atoms with van der Waals surface area (Å²) in [4.78, 5) is 29.6. The van der Waals surface area contributed by atoms with Crippen molar-refractivity contribution in [2.75, 3.05) is 4.90 Å². The molecule has 0 aliphatic carbocycles. The van der Waals surface area contributed by atoms with Crippen LogP contribution in [0.15, 0.2) is 72.8 Å². The largest absolute Gasteiger partial charge is 0.508 e. The summed E-state index contributed by atoms with van der Waals surface area (Å²) in [5.74, 6) is -1.82. The fourth-order valence-electron chi connectivity index (χ4n) is 3.77. The van der Waals surface area contributed by atoms with Crippen molar-refractivity contribution in [3.8, 4) is 17.1 Å². The molecule has 0 saturated carbocycles. The van der Waals surface area contributed by atoms with Gasteiger partial charge in [0.25, 0.3) is 5.91 Å². The van der Waals surface area contributed by atoms with Crippen LogP contribution in [0.2, 0.25) is 0 Å². The van der Waals surface area contributed by atoms with Crippen molar-refractivity contribution in [1.29, 1.82) is 0 Å². The first-order chi connectivity index (χ1) is 18.0. The maximum atomic E-state index is 13.8. The van der Waals surface area contributed by atoms with Crippen LogP contribution in [-0.2, 0) is 16.1 Å². The quantitative estimate of drug-likeness (QED) is 0.381. The summed E-state index contributed by atoms with van der Waals surface area (Å²) in [6.07, 6.45) is 0. The number of hydrogen-bond donors (Lipinski definition) is 2. The lowest BCUT2D eigenvalue weighted by Gasteiger charge is -2.33. The maximum Gasteiger partial charge on any atom is 0.251 e. The molecule has 0 saturated heterocycles. The first-order valence-electron chi connectivity index (χ1n) is 11.7. The molecule has 1 atom stereocenters. The van der Waals surface area contributed by atoms with E-state index in [4.69, 9.17) is 0 Å².